The minimum Gasteiger partial charge on any atom is -0.457 e. The highest BCUT2D eigenvalue weighted by molar-refractivity contribution is 6.39. The van der Waals surface area contributed by atoms with E-state index in [1.807, 2.05) is 0 Å². The topological polar surface area (TPSA) is 89.4 Å². The average molecular weight is 398 g/mol. The van der Waals surface area contributed by atoms with Crippen molar-refractivity contribution in [3.63, 3.8) is 0 Å². The summed E-state index contributed by atoms with van der Waals surface area (Å²) in [6.45, 7) is 0.865. The van der Waals surface area contributed by atoms with Gasteiger partial charge in [0.1, 0.15) is 11.5 Å². The molecule has 0 saturated carbocycles. The zero-order valence-corrected chi connectivity index (χ0v) is 15.4. The van der Waals surface area contributed by atoms with E-state index in [4.69, 9.17) is 16.3 Å². The average Bonchev–Trinajstić information content (AvgIpc) is 3.16. The third kappa shape index (κ3) is 3.96. The van der Waals surface area contributed by atoms with Crippen molar-refractivity contribution in [2.45, 2.75) is 6.04 Å². The van der Waals surface area contributed by atoms with Gasteiger partial charge in [-0.2, -0.15) is 0 Å². The molecular formula is C19H16ClN5O3. The van der Waals surface area contributed by atoms with Gasteiger partial charge >= 0.3 is 11.8 Å². The van der Waals surface area contributed by atoms with Gasteiger partial charge in [-0.25, -0.2) is 4.68 Å². The molecule has 0 aliphatic carbocycles. The highest BCUT2D eigenvalue weighted by Gasteiger charge is 2.35. The van der Waals surface area contributed by atoms with Crippen molar-refractivity contribution < 1.29 is 14.3 Å². The van der Waals surface area contributed by atoms with E-state index in [2.05, 4.69) is 15.6 Å². The summed E-state index contributed by atoms with van der Waals surface area (Å²) in [5.74, 6) is -0.0552. The van der Waals surface area contributed by atoms with Gasteiger partial charge in [0.15, 0.2) is 0 Å². The number of benzene rings is 2. The molecule has 8 nitrogen and oxygen atoms in total. The van der Waals surface area contributed by atoms with Crippen LogP contribution in [0.25, 0.3) is 0 Å². The minimum atomic E-state index is -0.680. The van der Waals surface area contributed by atoms with Gasteiger partial charge in [0.25, 0.3) is 0 Å². The highest BCUT2D eigenvalue weighted by Crippen LogP contribution is 2.25. The predicted molar refractivity (Wildman–Crippen MR) is 102 cm³/mol. The first kappa shape index (κ1) is 18.0. The molecule has 0 unspecified atom stereocenters. The number of ether oxygens (including phenoxy) is 1. The van der Waals surface area contributed by atoms with Crippen LogP contribution in [0.3, 0.4) is 0 Å². The van der Waals surface area contributed by atoms with Crippen LogP contribution >= 0.6 is 11.6 Å². The van der Waals surface area contributed by atoms with Gasteiger partial charge in [-0.1, -0.05) is 22.9 Å². The van der Waals surface area contributed by atoms with Crippen molar-refractivity contribution in [1.29, 1.82) is 0 Å². The fourth-order valence-corrected chi connectivity index (χ4v) is 2.98. The number of aromatic nitrogens is 3. The van der Waals surface area contributed by atoms with Gasteiger partial charge in [0.2, 0.25) is 0 Å². The Balaban J connectivity index is 1.30. The third-order valence-electron chi connectivity index (χ3n) is 4.30. The molecule has 28 heavy (non-hydrogen) atoms. The molecule has 1 aliphatic heterocycles. The van der Waals surface area contributed by atoms with E-state index >= 15 is 0 Å². The molecule has 0 atom stereocenters. The van der Waals surface area contributed by atoms with Crippen molar-refractivity contribution >= 4 is 29.1 Å². The van der Waals surface area contributed by atoms with E-state index in [-0.39, 0.29) is 6.04 Å². The summed E-state index contributed by atoms with van der Waals surface area (Å²) in [5.41, 5.74) is 0.505. The largest absolute Gasteiger partial charge is 0.457 e. The van der Waals surface area contributed by atoms with Crippen LogP contribution in [0.4, 0.5) is 5.69 Å². The fourth-order valence-electron chi connectivity index (χ4n) is 2.80. The molecule has 1 N–H and O–H groups in total. The maximum Gasteiger partial charge on any atom is 0.313 e. The number of likely N-dealkylation sites (tertiary alicyclic amines) is 1. The van der Waals surface area contributed by atoms with E-state index in [0.717, 1.165) is 0 Å². The van der Waals surface area contributed by atoms with Crippen molar-refractivity contribution in [2.24, 2.45) is 0 Å². The maximum atomic E-state index is 12.2. The summed E-state index contributed by atoms with van der Waals surface area (Å²) in [6, 6.07) is 13.8. The number of carbonyl (C=O) groups is 2. The van der Waals surface area contributed by atoms with Crippen LogP contribution in [0.15, 0.2) is 60.9 Å². The Kier molecular flexibility index (Phi) is 4.94. The van der Waals surface area contributed by atoms with E-state index in [1.165, 1.54) is 4.90 Å². The van der Waals surface area contributed by atoms with Gasteiger partial charge in [0, 0.05) is 30.0 Å². The van der Waals surface area contributed by atoms with Crippen LogP contribution < -0.4 is 10.1 Å². The van der Waals surface area contributed by atoms with Crippen LogP contribution in [-0.4, -0.2) is 44.8 Å². The third-order valence-corrected chi connectivity index (χ3v) is 4.54. The smallest absolute Gasteiger partial charge is 0.313 e. The molecule has 9 heteroatoms. The Hall–Kier alpha value is -3.39. The van der Waals surface area contributed by atoms with Gasteiger partial charge in [-0.05, 0) is 42.5 Å². The number of hydrogen-bond acceptors (Lipinski definition) is 5. The summed E-state index contributed by atoms with van der Waals surface area (Å²) in [5, 5.41) is 10.8. The summed E-state index contributed by atoms with van der Waals surface area (Å²) in [6.07, 6.45) is 3.32. The number of anilines is 1. The van der Waals surface area contributed by atoms with E-state index in [9.17, 15) is 9.59 Å². The normalized spacial score (nSPS) is 13.7. The standard InChI is InChI=1S/C19H16ClN5O3/c20-13-2-1-3-17(10-13)28-16-6-4-14(5-7-16)22-18(26)19(27)24-11-15(12-24)25-9-8-21-23-25/h1-10,15H,11-12H2,(H,22,26). The monoisotopic (exact) mass is 397 g/mol. The first-order chi connectivity index (χ1) is 13.6. The zero-order chi connectivity index (χ0) is 19.5. The number of rotatable bonds is 4. The van der Waals surface area contributed by atoms with Crippen LogP contribution in [0.5, 0.6) is 11.5 Å². The second-order valence-corrected chi connectivity index (χ2v) is 6.72. The molecule has 1 aliphatic rings. The Morgan fingerprint density at radius 3 is 2.57 bits per heavy atom. The quantitative estimate of drug-likeness (QED) is 0.684. The molecule has 1 saturated heterocycles. The Morgan fingerprint density at radius 2 is 1.89 bits per heavy atom. The van der Waals surface area contributed by atoms with Crippen molar-refractivity contribution in [3.05, 3.63) is 65.9 Å². The first-order valence-electron chi connectivity index (χ1n) is 8.58. The number of amides is 2. The Labute approximate surface area is 165 Å². The molecule has 0 bridgehead atoms. The second-order valence-electron chi connectivity index (χ2n) is 6.28. The number of hydrogen-bond donors (Lipinski definition) is 1. The number of halogens is 1. The summed E-state index contributed by atoms with van der Waals surface area (Å²) < 4.78 is 7.37. The zero-order valence-electron chi connectivity index (χ0n) is 14.7. The highest BCUT2D eigenvalue weighted by atomic mass is 35.5. The molecular weight excluding hydrogens is 382 g/mol. The Morgan fingerprint density at radius 1 is 1.11 bits per heavy atom. The molecule has 3 aromatic rings. The molecule has 0 radical (unpaired) electrons. The molecule has 2 amide bonds. The lowest BCUT2D eigenvalue weighted by Crippen LogP contribution is -2.54. The molecule has 2 aromatic carbocycles. The molecule has 2 heterocycles. The number of nitrogens with zero attached hydrogens (tertiary/aromatic N) is 4. The van der Waals surface area contributed by atoms with Gasteiger partial charge in [0.05, 0.1) is 12.2 Å². The van der Waals surface area contributed by atoms with Crippen LogP contribution in [-0.2, 0) is 9.59 Å². The summed E-state index contributed by atoms with van der Waals surface area (Å²) in [7, 11) is 0. The van der Waals surface area contributed by atoms with Gasteiger partial charge < -0.3 is 15.0 Å². The molecule has 1 fully saturated rings. The van der Waals surface area contributed by atoms with Crippen LogP contribution in [0.1, 0.15) is 6.04 Å². The minimum absolute atomic E-state index is 0.0576. The SMILES string of the molecule is O=C(Nc1ccc(Oc2cccc(Cl)c2)cc1)C(=O)N1CC(n2ccnn2)C1. The van der Waals surface area contributed by atoms with E-state index < -0.39 is 11.8 Å². The maximum absolute atomic E-state index is 12.2. The Bertz CT molecular complexity index is 985. The molecule has 142 valence electrons. The molecule has 4 rings (SSSR count). The summed E-state index contributed by atoms with van der Waals surface area (Å²) in [4.78, 5) is 25.9. The van der Waals surface area contributed by atoms with Gasteiger partial charge in [-0.15, -0.1) is 5.10 Å². The lowest BCUT2D eigenvalue weighted by Gasteiger charge is -2.38. The molecule has 1 aromatic heterocycles. The summed E-state index contributed by atoms with van der Waals surface area (Å²) >= 11 is 5.93. The number of carbonyl (C=O) groups excluding carboxylic acids is 2. The van der Waals surface area contributed by atoms with Crippen molar-refractivity contribution in [3.8, 4) is 11.5 Å². The second kappa shape index (κ2) is 7.69. The van der Waals surface area contributed by atoms with Gasteiger partial charge in [-0.3, -0.25) is 9.59 Å². The lowest BCUT2D eigenvalue weighted by atomic mass is 10.1. The lowest BCUT2D eigenvalue weighted by molar-refractivity contribution is -0.147. The van der Waals surface area contributed by atoms with E-state index in [0.29, 0.717) is 35.3 Å². The van der Waals surface area contributed by atoms with Crippen LogP contribution in [0.2, 0.25) is 5.02 Å². The fraction of sp³-hybridized carbons (Fsp3) is 0.158. The van der Waals surface area contributed by atoms with Crippen molar-refractivity contribution in [1.82, 2.24) is 19.9 Å². The molecule has 0 spiro atoms. The number of nitrogens with one attached hydrogen (secondary N) is 1. The van der Waals surface area contributed by atoms with E-state index in [1.54, 1.807) is 65.6 Å². The predicted octanol–water partition coefficient (Wildman–Crippen LogP) is 2.75. The first-order valence-corrected chi connectivity index (χ1v) is 8.96. The van der Waals surface area contributed by atoms with Crippen LogP contribution in [0, 0.1) is 0 Å². The van der Waals surface area contributed by atoms with Crippen molar-refractivity contribution in [2.75, 3.05) is 18.4 Å².